The van der Waals surface area contributed by atoms with Gasteiger partial charge in [-0.3, -0.25) is 4.90 Å². The van der Waals surface area contributed by atoms with Crippen LogP contribution >= 0.6 is 0 Å². The molecular formula is C15H31N3. The lowest BCUT2D eigenvalue weighted by Gasteiger charge is -2.48. The van der Waals surface area contributed by atoms with E-state index in [1.165, 1.54) is 45.4 Å². The highest BCUT2D eigenvalue weighted by Crippen LogP contribution is 2.38. The number of nitrogens with zero attached hydrogens (tertiary/aromatic N) is 2. The molecule has 2 aliphatic heterocycles. The molecule has 0 bridgehead atoms. The lowest BCUT2D eigenvalue weighted by Crippen LogP contribution is -2.59. The van der Waals surface area contributed by atoms with Gasteiger partial charge in [0.05, 0.1) is 0 Å². The van der Waals surface area contributed by atoms with Crippen molar-refractivity contribution in [1.82, 2.24) is 9.80 Å². The monoisotopic (exact) mass is 253 g/mol. The van der Waals surface area contributed by atoms with Gasteiger partial charge in [-0.25, -0.2) is 0 Å². The SMILES string of the molecule is CC(C)N1CCC(CN)(N2CCC(C)(C)C2)CC1. The van der Waals surface area contributed by atoms with Crippen LogP contribution in [0.3, 0.4) is 0 Å². The molecule has 18 heavy (non-hydrogen) atoms. The summed E-state index contributed by atoms with van der Waals surface area (Å²) in [6.07, 6.45) is 3.82. The summed E-state index contributed by atoms with van der Waals surface area (Å²) in [6, 6.07) is 0.677. The van der Waals surface area contributed by atoms with E-state index in [9.17, 15) is 0 Å². The van der Waals surface area contributed by atoms with Crippen LogP contribution in [0.15, 0.2) is 0 Å². The molecule has 2 rings (SSSR count). The average molecular weight is 253 g/mol. The van der Waals surface area contributed by atoms with Crippen molar-refractivity contribution in [3.63, 3.8) is 0 Å². The Hall–Kier alpha value is -0.120. The van der Waals surface area contributed by atoms with Gasteiger partial charge in [-0.15, -0.1) is 0 Å². The van der Waals surface area contributed by atoms with Crippen LogP contribution in [0.5, 0.6) is 0 Å². The molecule has 2 heterocycles. The second kappa shape index (κ2) is 5.10. The molecule has 3 nitrogen and oxygen atoms in total. The largest absolute Gasteiger partial charge is 0.329 e. The molecule has 0 aromatic carbocycles. The van der Waals surface area contributed by atoms with Gasteiger partial charge in [0, 0.05) is 37.8 Å². The summed E-state index contributed by atoms with van der Waals surface area (Å²) in [6.45, 7) is 15.1. The van der Waals surface area contributed by atoms with Crippen LogP contribution in [0.2, 0.25) is 0 Å². The van der Waals surface area contributed by atoms with Crippen molar-refractivity contribution < 1.29 is 0 Å². The van der Waals surface area contributed by atoms with Gasteiger partial charge in [0.2, 0.25) is 0 Å². The average Bonchev–Trinajstić information content (AvgIpc) is 2.70. The van der Waals surface area contributed by atoms with Gasteiger partial charge >= 0.3 is 0 Å². The van der Waals surface area contributed by atoms with Crippen molar-refractivity contribution in [3.05, 3.63) is 0 Å². The van der Waals surface area contributed by atoms with E-state index in [2.05, 4.69) is 37.5 Å². The van der Waals surface area contributed by atoms with Crippen molar-refractivity contribution in [2.24, 2.45) is 11.1 Å². The number of likely N-dealkylation sites (tertiary alicyclic amines) is 2. The summed E-state index contributed by atoms with van der Waals surface area (Å²) in [7, 11) is 0. The smallest absolute Gasteiger partial charge is 0.0356 e. The maximum Gasteiger partial charge on any atom is 0.0356 e. The summed E-state index contributed by atoms with van der Waals surface area (Å²) in [5.41, 5.74) is 6.94. The Balaban J connectivity index is 2.01. The van der Waals surface area contributed by atoms with Gasteiger partial charge in [-0.1, -0.05) is 13.8 Å². The van der Waals surface area contributed by atoms with E-state index in [1.54, 1.807) is 0 Å². The third kappa shape index (κ3) is 2.73. The minimum absolute atomic E-state index is 0.291. The highest BCUT2D eigenvalue weighted by molar-refractivity contribution is 5.00. The van der Waals surface area contributed by atoms with E-state index in [4.69, 9.17) is 5.73 Å². The summed E-state index contributed by atoms with van der Waals surface area (Å²) in [5, 5.41) is 0. The maximum atomic E-state index is 6.17. The van der Waals surface area contributed by atoms with Gasteiger partial charge in [0.1, 0.15) is 0 Å². The van der Waals surface area contributed by atoms with Gasteiger partial charge in [0.25, 0.3) is 0 Å². The lowest BCUT2D eigenvalue weighted by atomic mass is 9.85. The molecule has 0 aromatic heterocycles. The Morgan fingerprint density at radius 3 is 2.06 bits per heavy atom. The quantitative estimate of drug-likeness (QED) is 0.834. The van der Waals surface area contributed by atoms with Crippen molar-refractivity contribution >= 4 is 0 Å². The van der Waals surface area contributed by atoms with E-state index in [0.29, 0.717) is 17.0 Å². The molecule has 0 spiro atoms. The molecule has 2 N–H and O–H groups in total. The van der Waals surface area contributed by atoms with Gasteiger partial charge in [0.15, 0.2) is 0 Å². The lowest BCUT2D eigenvalue weighted by molar-refractivity contribution is 0.0274. The molecule has 0 saturated carbocycles. The first kappa shape index (κ1) is 14.3. The van der Waals surface area contributed by atoms with Crippen molar-refractivity contribution in [2.75, 3.05) is 32.7 Å². The number of rotatable bonds is 3. The first-order chi connectivity index (χ1) is 8.38. The molecule has 0 unspecified atom stereocenters. The standard InChI is InChI=1S/C15H31N3/c1-13(2)17-8-6-15(11-16,7-9-17)18-10-5-14(3,4)12-18/h13H,5-12,16H2,1-4H3. The Bertz CT molecular complexity index is 277. The van der Waals surface area contributed by atoms with Crippen LogP contribution in [0.4, 0.5) is 0 Å². The van der Waals surface area contributed by atoms with Gasteiger partial charge in [-0.05, 0) is 45.1 Å². The molecule has 0 aliphatic carbocycles. The van der Waals surface area contributed by atoms with E-state index in [1.807, 2.05) is 0 Å². The number of hydrogen-bond acceptors (Lipinski definition) is 3. The zero-order valence-electron chi connectivity index (χ0n) is 12.7. The minimum Gasteiger partial charge on any atom is -0.329 e. The fourth-order valence-electron chi connectivity index (χ4n) is 3.62. The van der Waals surface area contributed by atoms with Crippen LogP contribution in [-0.2, 0) is 0 Å². The van der Waals surface area contributed by atoms with Crippen molar-refractivity contribution in [3.8, 4) is 0 Å². The maximum absolute atomic E-state index is 6.17. The fourth-order valence-corrected chi connectivity index (χ4v) is 3.62. The second-order valence-corrected chi connectivity index (χ2v) is 7.39. The molecule has 0 aromatic rings. The Morgan fingerprint density at radius 2 is 1.67 bits per heavy atom. The van der Waals surface area contributed by atoms with Gasteiger partial charge in [-0.2, -0.15) is 0 Å². The van der Waals surface area contributed by atoms with E-state index < -0.39 is 0 Å². The Morgan fingerprint density at radius 1 is 1.06 bits per heavy atom. The summed E-state index contributed by atoms with van der Waals surface area (Å²) >= 11 is 0. The molecule has 2 aliphatic rings. The van der Waals surface area contributed by atoms with Crippen LogP contribution < -0.4 is 5.73 Å². The number of nitrogens with two attached hydrogens (primary N) is 1. The molecular weight excluding hydrogens is 222 g/mol. The van der Waals surface area contributed by atoms with E-state index >= 15 is 0 Å². The molecule has 2 fully saturated rings. The predicted octanol–water partition coefficient (Wildman–Crippen LogP) is 1.92. The van der Waals surface area contributed by atoms with Crippen molar-refractivity contribution in [1.29, 1.82) is 0 Å². The molecule has 0 radical (unpaired) electrons. The topological polar surface area (TPSA) is 32.5 Å². The highest BCUT2D eigenvalue weighted by atomic mass is 15.3. The first-order valence-electron chi connectivity index (χ1n) is 7.58. The zero-order valence-corrected chi connectivity index (χ0v) is 12.7. The second-order valence-electron chi connectivity index (χ2n) is 7.39. The van der Waals surface area contributed by atoms with Crippen molar-refractivity contribution in [2.45, 2.75) is 58.5 Å². The third-order valence-corrected chi connectivity index (χ3v) is 5.19. The van der Waals surface area contributed by atoms with Crippen LogP contribution in [0, 0.1) is 5.41 Å². The first-order valence-corrected chi connectivity index (χ1v) is 7.58. The van der Waals surface area contributed by atoms with Crippen LogP contribution in [0.25, 0.3) is 0 Å². The molecule has 0 atom stereocenters. The molecule has 0 amide bonds. The predicted molar refractivity (Wildman–Crippen MR) is 77.7 cm³/mol. The molecule has 106 valence electrons. The number of piperidine rings is 1. The summed E-state index contributed by atoms with van der Waals surface area (Å²) < 4.78 is 0. The Labute approximate surface area is 113 Å². The summed E-state index contributed by atoms with van der Waals surface area (Å²) in [5.74, 6) is 0. The van der Waals surface area contributed by atoms with Crippen LogP contribution in [-0.4, -0.2) is 54.1 Å². The number of hydrogen-bond donors (Lipinski definition) is 1. The minimum atomic E-state index is 0.291. The zero-order chi connectivity index (χ0) is 13.4. The summed E-state index contributed by atoms with van der Waals surface area (Å²) in [4.78, 5) is 5.29. The van der Waals surface area contributed by atoms with E-state index in [-0.39, 0.29) is 0 Å². The normalized spacial score (nSPS) is 29.0. The van der Waals surface area contributed by atoms with Crippen LogP contribution in [0.1, 0.15) is 47.0 Å². The van der Waals surface area contributed by atoms with E-state index in [0.717, 1.165) is 6.54 Å². The Kier molecular flexibility index (Phi) is 4.05. The third-order valence-electron chi connectivity index (χ3n) is 5.19. The fraction of sp³-hybridized carbons (Fsp3) is 1.00. The van der Waals surface area contributed by atoms with Gasteiger partial charge < -0.3 is 10.6 Å². The molecule has 3 heteroatoms. The highest BCUT2D eigenvalue weighted by Gasteiger charge is 2.44. The molecule has 2 saturated heterocycles.